The summed E-state index contributed by atoms with van der Waals surface area (Å²) in [6.45, 7) is 3.77. The minimum Gasteiger partial charge on any atom is -0.469 e. The van der Waals surface area contributed by atoms with Gasteiger partial charge in [-0.05, 0) is 25.3 Å². The Balaban J connectivity index is 1.98. The number of furan rings is 1. The summed E-state index contributed by atoms with van der Waals surface area (Å²) in [6, 6.07) is 1.63. The lowest BCUT2D eigenvalue weighted by Crippen LogP contribution is -2.10. The Morgan fingerprint density at radius 1 is 1.53 bits per heavy atom. The predicted octanol–water partition coefficient (Wildman–Crippen LogP) is 2.39. The maximum Gasteiger partial charge on any atom is 0.173 e. The fraction of sp³-hybridized carbons (Fsp3) is 0.500. The number of rotatable bonds is 4. The van der Waals surface area contributed by atoms with Crippen molar-refractivity contribution in [1.82, 2.24) is 0 Å². The van der Waals surface area contributed by atoms with Gasteiger partial charge in [-0.3, -0.25) is 9.59 Å². The van der Waals surface area contributed by atoms with Crippen molar-refractivity contribution in [3.63, 3.8) is 0 Å². The van der Waals surface area contributed by atoms with Crippen LogP contribution in [0.25, 0.3) is 0 Å². The third-order valence-electron chi connectivity index (χ3n) is 3.02. The molecule has 1 fully saturated rings. The van der Waals surface area contributed by atoms with Gasteiger partial charge >= 0.3 is 0 Å². The standard InChI is InChI=1S/C12H14O3/c1-7-5-10(7)12(14)6-11(13)9-3-4-15-8(9)2/h3-4,7,10H,5-6H2,1-2H3. The van der Waals surface area contributed by atoms with E-state index < -0.39 is 0 Å². The molecule has 1 heterocycles. The molecule has 1 aromatic rings. The van der Waals surface area contributed by atoms with Gasteiger partial charge in [-0.15, -0.1) is 0 Å². The quantitative estimate of drug-likeness (QED) is 0.561. The van der Waals surface area contributed by atoms with Crippen LogP contribution in [0.2, 0.25) is 0 Å². The Labute approximate surface area is 88.5 Å². The van der Waals surface area contributed by atoms with Crippen molar-refractivity contribution in [2.24, 2.45) is 11.8 Å². The first-order chi connectivity index (χ1) is 7.09. The SMILES string of the molecule is Cc1occc1C(=O)CC(=O)C1CC1C. The van der Waals surface area contributed by atoms with Gasteiger partial charge in [0.05, 0.1) is 18.2 Å². The van der Waals surface area contributed by atoms with E-state index in [9.17, 15) is 9.59 Å². The summed E-state index contributed by atoms with van der Waals surface area (Å²) in [5, 5.41) is 0. The van der Waals surface area contributed by atoms with E-state index in [1.54, 1.807) is 13.0 Å². The van der Waals surface area contributed by atoms with E-state index in [4.69, 9.17) is 4.42 Å². The molecule has 0 radical (unpaired) electrons. The molecule has 80 valence electrons. The molecule has 1 aliphatic carbocycles. The van der Waals surface area contributed by atoms with Gasteiger partial charge in [0.2, 0.25) is 0 Å². The average Bonchev–Trinajstić information content (AvgIpc) is 2.74. The summed E-state index contributed by atoms with van der Waals surface area (Å²) < 4.78 is 5.03. The van der Waals surface area contributed by atoms with E-state index in [1.165, 1.54) is 6.26 Å². The zero-order valence-corrected chi connectivity index (χ0v) is 8.95. The molecule has 2 rings (SSSR count). The van der Waals surface area contributed by atoms with Crippen LogP contribution in [0, 0.1) is 18.8 Å². The summed E-state index contributed by atoms with van der Waals surface area (Å²) in [7, 11) is 0. The van der Waals surface area contributed by atoms with Crippen molar-refractivity contribution in [3.8, 4) is 0 Å². The summed E-state index contributed by atoms with van der Waals surface area (Å²) in [5.41, 5.74) is 0.539. The normalized spacial score (nSPS) is 23.9. The van der Waals surface area contributed by atoms with E-state index in [0.717, 1.165) is 6.42 Å². The second-order valence-corrected chi connectivity index (χ2v) is 4.28. The van der Waals surface area contributed by atoms with Gasteiger partial charge in [0, 0.05) is 5.92 Å². The maximum atomic E-state index is 11.7. The lowest BCUT2D eigenvalue weighted by Gasteiger charge is -1.98. The molecule has 1 aliphatic rings. The first-order valence-corrected chi connectivity index (χ1v) is 5.19. The van der Waals surface area contributed by atoms with Crippen molar-refractivity contribution in [3.05, 3.63) is 23.7 Å². The van der Waals surface area contributed by atoms with Crippen LogP contribution in [0.1, 0.15) is 35.9 Å². The minimum absolute atomic E-state index is 0.0232. The molecule has 0 amide bonds. The van der Waals surface area contributed by atoms with Crippen molar-refractivity contribution < 1.29 is 14.0 Å². The summed E-state index contributed by atoms with van der Waals surface area (Å²) >= 11 is 0. The highest BCUT2D eigenvalue weighted by Gasteiger charge is 2.39. The van der Waals surface area contributed by atoms with Crippen LogP contribution in [0.15, 0.2) is 16.7 Å². The fourth-order valence-corrected chi connectivity index (χ4v) is 1.83. The summed E-state index contributed by atoms with van der Waals surface area (Å²) in [4.78, 5) is 23.3. The molecule has 2 unspecified atom stereocenters. The molecule has 1 saturated carbocycles. The van der Waals surface area contributed by atoms with Gasteiger partial charge in [0.15, 0.2) is 5.78 Å². The van der Waals surface area contributed by atoms with Crippen molar-refractivity contribution >= 4 is 11.6 Å². The number of Topliss-reactive ketones (excluding diaryl/α,β-unsaturated/α-hetero) is 2. The molecule has 15 heavy (non-hydrogen) atoms. The van der Waals surface area contributed by atoms with E-state index in [0.29, 0.717) is 17.2 Å². The molecule has 1 aromatic heterocycles. The second-order valence-electron chi connectivity index (χ2n) is 4.28. The van der Waals surface area contributed by atoms with Gasteiger partial charge in [0.25, 0.3) is 0 Å². The Morgan fingerprint density at radius 2 is 2.20 bits per heavy atom. The number of carbonyl (C=O) groups excluding carboxylic acids is 2. The van der Waals surface area contributed by atoms with Crippen LogP contribution in [0.3, 0.4) is 0 Å². The highest BCUT2D eigenvalue weighted by molar-refractivity contribution is 6.09. The first-order valence-electron chi connectivity index (χ1n) is 5.19. The zero-order valence-electron chi connectivity index (χ0n) is 8.95. The maximum absolute atomic E-state index is 11.7. The zero-order chi connectivity index (χ0) is 11.0. The molecule has 3 heteroatoms. The molecule has 3 nitrogen and oxygen atoms in total. The van der Waals surface area contributed by atoms with Crippen molar-refractivity contribution in [1.29, 1.82) is 0 Å². The monoisotopic (exact) mass is 206 g/mol. The van der Waals surface area contributed by atoms with Crippen molar-refractivity contribution in [2.75, 3.05) is 0 Å². The number of aryl methyl sites for hydroxylation is 1. The summed E-state index contributed by atoms with van der Waals surface area (Å²) in [5.74, 6) is 1.15. The average molecular weight is 206 g/mol. The van der Waals surface area contributed by atoms with Gasteiger partial charge in [-0.2, -0.15) is 0 Å². The molecule has 0 aromatic carbocycles. The van der Waals surface area contributed by atoms with Crippen LogP contribution < -0.4 is 0 Å². The smallest absolute Gasteiger partial charge is 0.173 e. The van der Waals surface area contributed by atoms with Gasteiger partial charge in [0.1, 0.15) is 11.5 Å². The Bertz CT molecular complexity index is 403. The first kappa shape index (κ1) is 10.1. The number of ketones is 2. The largest absolute Gasteiger partial charge is 0.469 e. The highest BCUT2D eigenvalue weighted by Crippen LogP contribution is 2.39. The number of hydrogen-bond acceptors (Lipinski definition) is 3. The molecule has 0 bridgehead atoms. The van der Waals surface area contributed by atoms with Crippen LogP contribution in [0.4, 0.5) is 0 Å². The Hall–Kier alpha value is -1.38. The molecular formula is C12H14O3. The van der Waals surface area contributed by atoms with Crippen molar-refractivity contribution in [2.45, 2.75) is 26.7 Å². The topological polar surface area (TPSA) is 47.3 Å². The van der Waals surface area contributed by atoms with Crippen LogP contribution in [-0.2, 0) is 4.79 Å². The molecule has 0 aliphatic heterocycles. The molecule has 2 atom stereocenters. The van der Waals surface area contributed by atoms with E-state index in [1.807, 2.05) is 6.92 Å². The molecule has 0 saturated heterocycles. The van der Waals surface area contributed by atoms with E-state index in [-0.39, 0.29) is 23.9 Å². The Morgan fingerprint density at radius 3 is 2.67 bits per heavy atom. The predicted molar refractivity (Wildman–Crippen MR) is 54.7 cm³/mol. The molecular weight excluding hydrogens is 192 g/mol. The highest BCUT2D eigenvalue weighted by atomic mass is 16.3. The minimum atomic E-state index is -0.120. The third-order valence-corrected chi connectivity index (χ3v) is 3.02. The lowest BCUT2D eigenvalue weighted by molar-refractivity contribution is -0.119. The summed E-state index contributed by atoms with van der Waals surface area (Å²) in [6.07, 6.45) is 2.44. The lowest BCUT2D eigenvalue weighted by atomic mass is 10.0. The second kappa shape index (κ2) is 3.65. The van der Waals surface area contributed by atoms with E-state index >= 15 is 0 Å². The molecule has 0 spiro atoms. The van der Waals surface area contributed by atoms with Gasteiger partial charge in [-0.1, -0.05) is 6.92 Å². The van der Waals surface area contributed by atoms with Crippen LogP contribution in [0.5, 0.6) is 0 Å². The third kappa shape index (κ3) is 2.01. The van der Waals surface area contributed by atoms with E-state index in [2.05, 4.69) is 0 Å². The number of hydrogen-bond donors (Lipinski definition) is 0. The van der Waals surface area contributed by atoms with Gasteiger partial charge < -0.3 is 4.42 Å². The van der Waals surface area contributed by atoms with Crippen LogP contribution >= 0.6 is 0 Å². The fourth-order valence-electron chi connectivity index (χ4n) is 1.83. The Kier molecular flexibility index (Phi) is 2.47. The van der Waals surface area contributed by atoms with Gasteiger partial charge in [-0.25, -0.2) is 0 Å². The number of carbonyl (C=O) groups is 2. The molecule has 0 N–H and O–H groups in total. The van der Waals surface area contributed by atoms with Crippen LogP contribution in [-0.4, -0.2) is 11.6 Å².